The van der Waals surface area contributed by atoms with Crippen LogP contribution in [-0.4, -0.2) is 12.6 Å². The molecule has 17 heavy (non-hydrogen) atoms. The molecule has 3 N–H and O–H groups in total. The third-order valence-electron chi connectivity index (χ3n) is 2.57. The summed E-state index contributed by atoms with van der Waals surface area (Å²) in [6.07, 6.45) is 0. The molecule has 0 spiro atoms. The minimum absolute atomic E-state index is 0.313. The normalized spacial score (nSPS) is 10.2. The van der Waals surface area contributed by atoms with Crippen LogP contribution in [0.1, 0.15) is 17.3 Å². The fraction of sp³-hybridized carbons (Fsp3) is 0.154. The Labute approximate surface area is 99.3 Å². The molecule has 0 saturated heterocycles. The molecule has 0 amide bonds. The van der Waals surface area contributed by atoms with Crippen LogP contribution in [0, 0.1) is 0 Å². The molecule has 0 unspecified atom stereocenters. The van der Waals surface area contributed by atoms with Crippen LogP contribution in [0.5, 0.6) is 0 Å². The van der Waals surface area contributed by atoms with Crippen molar-refractivity contribution in [1.29, 1.82) is 0 Å². The Kier molecular flexibility index (Phi) is 3.25. The molecule has 0 aliphatic rings. The van der Waals surface area contributed by atoms with Gasteiger partial charge in [0.1, 0.15) is 0 Å². The molecule has 4 heteroatoms. The summed E-state index contributed by atoms with van der Waals surface area (Å²) < 4.78 is 5.02. The molecule has 4 nitrogen and oxygen atoms in total. The summed E-state index contributed by atoms with van der Waals surface area (Å²) in [6.45, 7) is 2.15. The van der Waals surface area contributed by atoms with Crippen molar-refractivity contribution in [3.63, 3.8) is 0 Å². The van der Waals surface area contributed by atoms with E-state index in [0.717, 1.165) is 16.5 Å². The van der Waals surface area contributed by atoms with Crippen LogP contribution in [0.3, 0.4) is 0 Å². The number of carbonyl (C=O) groups is 1. The van der Waals surface area contributed by atoms with Gasteiger partial charge in [0.25, 0.3) is 0 Å². The molecule has 0 fully saturated rings. The van der Waals surface area contributed by atoms with E-state index in [0.29, 0.717) is 12.2 Å². The average Bonchev–Trinajstić information content (AvgIpc) is 2.37. The van der Waals surface area contributed by atoms with E-state index >= 15 is 0 Å². The highest BCUT2D eigenvalue weighted by atomic mass is 16.5. The van der Waals surface area contributed by atoms with Crippen molar-refractivity contribution in [1.82, 2.24) is 0 Å². The second-order valence-electron chi connectivity index (χ2n) is 3.57. The summed E-state index contributed by atoms with van der Waals surface area (Å²) in [6, 6.07) is 11.1. The van der Waals surface area contributed by atoms with Gasteiger partial charge in [0, 0.05) is 5.39 Å². The molecule has 0 saturated carbocycles. The first kappa shape index (κ1) is 11.4. The van der Waals surface area contributed by atoms with Crippen LogP contribution in [0.25, 0.3) is 10.8 Å². The zero-order valence-electron chi connectivity index (χ0n) is 9.57. The lowest BCUT2D eigenvalue weighted by Gasteiger charge is -2.09. The van der Waals surface area contributed by atoms with E-state index in [-0.39, 0.29) is 5.97 Å². The van der Waals surface area contributed by atoms with E-state index in [4.69, 9.17) is 10.6 Å². The SMILES string of the molecule is CCOC(=O)c1ccc(NN)c2ccccc12. The van der Waals surface area contributed by atoms with Crippen molar-refractivity contribution < 1.29 is 9.53 Å². The highest BCUT2D eigenvalue weighted by Gasteiger charge is 2.12. The lowest BCUT2D eigenvalue weighted by molar-refractivity contribution is 0.0529. The maximum atomic E-state index is 11.8. The Morgan fingerprint density at radius 3 is 2.59 bits per heavy atom. The van der Waals surface area contributed by atoms with Gasteiger partial charge < -0.3 is 10.2 Å². The zero-order valence-corrected chi connectivity index (χ0v) is 9.57. The summed E-state index contributed by atoms with van der Waals surface area (Å²) in [5, 5.41) is 1.74. The number of esters is 1. The van der Waals surface area contributed by atoms with Gasteiger partial charge in [-0.1, -0.05) is 24.3 Å². The molecule has 0 aromatic heterocycles. The van der Waals surface area contributed by atoms with Crippen LogP contribution >= 0.6 is 0 Å². The minimum atomic E-state index is -0.313. The summed E-state index contributed by atoms with van der Waals surface area (Å²) in [4.78, 5) is 11.8. The fourth-order valence-corrected chi connectivity index (χ4v) is 1.81. The molecular formula is C13H14N2O2. The maximum absolute atomic E-state index is 11.8. The smallest absolute Gasteiger partial charge is 0.338 e. The van der Waals surface area contributed by atoms with Gasteiger partial charge >= 0.3 is 5.97 Å². The van der Waals surface area contributed by atoms with Gasteiger partial charge in [-0.15, -0.1) is 0 Å². The number of ether oxygens (including phenoxy) is 1. The summed E-state index contributed by atoms with van der Waals surface area (Å²) in [5.41, 5.74) is 3.96. The Bertz CT molecular complexity index is 552. The monoisotopic (exact) mass is 230 g/mol. The summed E-state index contributed by atoms with van der Waals surface area (Å²) in [5.74, 6) is 5.12. The standard InChI is InChI=1S/C13H14N2O2/c1-2-17-13(16)11-7-8-12(15-14)10-6-4-3-5-9(10)11/h3-8,15H,2,14H2,1H3. The lowest BCUT2D eigenvalue weighted by atomic mass is 10.0. The molecule has 0 aliphatic heterocycles. The number of nitrogen functional groups attached to an aromatic ring is 1. The number of nitrogens with one attached hydrogen (secondary N) is 1. The fourth-order valence-electron chi connectivity index (χ4n) is 1.81. The van der Waals surface area contributed by atoms with Gasteiger partial charge in [0.05, 0.1) is 17.9 Å². The van der Waals surface area contributed by atoms with Crippen molar-refractivity contribution in [2.45, 2.75) is 6.92 Å². The van der Waals surface area contributed by atoms with Crippen LogP contribution in [0.15, 0.2) is 36.4 Å². The Morgan fingerprint density at radius 1 is 1.24 bits per heavy atom. The van der Waals surface area contributed by atoms with Gasteiger partial charge in [0.2, 0.25) is 0 Å². The third-order valence-corrected chi connectivity index (χ3v) is 2.57. The number of nitrogens with two attached hydrogens (primary N) is 1. The van der Waals surface area contributed by atoms with Crippen molar-refractivity contribution in [2.24, 2.45) is 5.84 Å². The molecular weight excluding hydrogens is 216 g/mol. The van der Waals surface area contributed by atoms with Crippen LogP contribution < -0.4 is 11.3 Å². The first-order valence-corrected chi connectivity index (χ1v) is 5.43. The third kappa shape index (κ3) is 2.07. The molecule has 0 aliphatic carbocycles. The van der Waals surface area contributed by atoms with Gasteiger partial charge in [0.15, 0.2) is 0 Å². The second-order valence-corrected chi connectivity index (χ2v) is 3.57. The van der Waals surface area contributed by atoms with Crippen LogP contribution in [-0.2, 0) is 4.74 Å². The van der Waals surface area contributed by atoms with Gasteiger partial charge in [-0.2, -0.15) is 0 Å². The molecule has 0 atom stereocenters. The zero-order chi connectivity index (χ0) is 12.3. The number of rotatable bonds is 3. The number of carbonyl (C=O) groups excluding carboxylic acids is 1. The average molecular weight is 230 g/mol. The Hall–Kier alpha value is -2.07. The van der Waals surface area contributed by atoms with Crippen LogP contribution in [0.2, 0.25) is 0 Å². The number of hydrogen-bond donors (Lipinski definition) is 2. The summed E-state index contributed by atoms with van der Waals surface area (Å²) >= 11 is 0. The van der Waals surface area contributed by atoms with E-state index in [9.17, 15) is 4.79 Å². The van der Waals surface area contributed by atoms with Crippen LogP contribution in [0.4, 0.5) is 5.69 Å². The predicted octanol–water partition coefficient (Wildman–Crippen LogP) is 2.30. The molecule has 2 rings (SSSR count). The van der Waals surface area contributed by atoms with E-state index in [2.05, 4.69) is 5.43 Å². The van der Waals surface area contributed by atoms with E-state index < -0.39 is 0 Å². The lowest BCUT2D eigenvalue weighted by Crippen LogP contribution is -2.09. The quantitative estimate of drug-likeness (QED) is 0.482. The minimum Gasteiger partial charge on any atom is -0.462 e. The number of fused-ring (bicyclic) bond motifs is 1. The molecule has 0 radical (unpaired) electrons. The van der Waals surface area contributed by atoms with Gasteiger partial charge in [-0.05, 0) is 24.4 Å². The van der Waals surface area contributed by atoms with E-state index in [1.54, 1.807) is 19.1 Å². The highest BCUT2D eigenvalue weighted by Crippen LogP contribution is 2.26. The first-order valence-electron chi connectivity index (χ1n) is 5.43. The molecule has 0 heterocycles. The predicted molar refractivity (Wildman–Crippen MR) is 67.7 cm³/mol. The highest BCUT2D eigenvalue weighted by molar-refractivity contribution is 6.08. The summed E-state index contributed by atoms with van der Waals surface area (Å²) in [7, 11) is 0. The van der Waals surface area contributed by atoms with E-state index in [1.807, 2.05) is 24.3 Å². The van der Waals surface area contributed by atoms with Crippen molar-refractivity contribution >= 4 is 22.4 Å². The molecule has 88 valence electrons. The number of anilines is 1. The van der Waals surface area contributed by atoms with Gasteiger partial charge in [-0.25, -0.2) is 4.79 Å². The van der Waals surface area contributed by atoms with Crippen molar-refractivity contribution in [2.75, 3.05) is 12.0 Å². The second kappa shape index (κ2) is 4.84. The topological polar surface area (TPSA) is 64.3 Å². The van der Waals surface area contributed by atoms with Gasteiger partial charge in [-0.3, -0.25) is 5.84 Å². The number of hydrazine groups is 1. The number of benzene rings is 2. The molecule has 0 bridgehead atoms. The first-order chi connectivity index (χ1) is 8.27. The number of hydrogen-bond acceptors (Lipinski definition) is 4. The van der Waals surface area contributed by atoms with Crippen molar-refractivity contribution in [3.8, 4) is 0 Å². The Morgan fingerprint density at radius 2 is 1.94 bits per heavy atom. The Balaban J connectivity index is 2.62. The molecule has 2 aromatic carbocycles. The maximum Gasteiger partial charge on any atom is 0.338 e. The molecule has 2 aromatic rings. The largest absolute Gasteiger partial charge is 0.462 e. The van der Waals surface area contributed by atoms with E-state index in [1.165, 1.54) is 0 Å². The van der Waals surface area contributed by atoms with Crippen molar-refractivity contribution in [3.05, 3.63) is 42.0 Å².